The van der Waals surface area contributed by atoms with E-state index < -0.39 is 0 Å². The van der Waals surface area contributed by atoms with E-state index in [0.29, 0.717) is 0 Å². The van der Waals surface area contributed by atoms with Gasteiger partial charge in [-0.2, -0.15) is 0 Å². The number of rotatable bonds is 8. The van der Waals surface area contributed by atoms with Gasteiger partial charge in [-0.25, -0.2) is 4.98 Å². The van der Waals surface area contributed by atoms with Gasteiger partial charge < -0.3 is 15.0 Å². The molecule has 0 aliphatic heterocycles. The van der Waals surface area contributed by atoms with Crippen LogP contribution >= 0.6 is 11.3 Å². The molecule has 0 spiro atoms. The zero-order valence-corrected chi connectivity index (χ0v) is 13.0. The van der Waals surface area contributed by atoms with Gasteiger partial charge in [-0.15, -0.1) is 11.3 Å². The minimum atomic E-state index is -0.229. The Morgan fingerprint density at radius 3 is 3.00 bits per heavy atom. The molecule has 2 N–H and O–H groups in total. The normalized spacial score (nSPS) is 14.3. The van der Waals surface area contributed by atoms with Crippen LogP contribution in [0.2, 0.25) is 0 Å². The van der Waals surface area contributed by atoms with Gasteiger partial charge in [-0.05, 0) is 37.8 Å². The van der Waals surface area contributed by atoms with Crippen molar-refractivity contribution in [2.24, 2.45) is 0 Å². The van der Waals surface area contributed by atoms with Crippen molar-refractivity contribution < 1.29 is 5.11 Å². The minimum Gasteiger partial charge on any atom is -0.394 e. The van der Waals surface area contributed by atoms with Gasteiger partial charge in [0, 0.05) is 24.5 Å². The summed E-state index contributed by atoms with van der Waals surface area (Å²) in [6.45, 7) is 6.13. The van der Waals surface area contributed by atoms with Crippen molar-refractivity contribution in [1.82, 2.24) is 14.9 Å². The summed E-state index contributed by atoms with van der Waals surface area (Å²) in [5, 5.41) is 15.1. The second-order valence-electron chi connectivity index (χ2n) is 5.32. The first-order valence-corrected chi connectivity index (χ1v) is 7.97. The Hall–Kier alpha value is -1.17. The van der Waals surface area contributed by atoms with Gasteiger partial charge in [0.15, 0.2) is 0 Å². The Morgan fingerprint density at radius 1 is 1.50 bits per heavy atom. The van der Waals surface area contributed by atoms with Gasteiger partial charge in [0.05, 0.1) is 11.5 Å². The summed E-state index contributed by atoms with van der Waals surface area (Å²) in [7, 11) is 0. The molecule has 0 saturated carbocycles. The van der Waals surface area contributed by atoms with Crippen LogP contribution in [0, 0.1) is 0 Å². The molecule has 2 aromatic rings. The number of nitrogens with one attached hydrogen (secondary N) is 1. The molecule has 0 aliphatic rings. The predicted molar refractivity (Wildman–Crippen MR) is 83.9 cm³/mol. The van der Waals surface area contributed by atoms with Crippen LogP contribution < -0.4 is 5.32 Å². The van der Waals surface area contributed by atoms with E-state index in [-0.39, 0.29) is 12.1 Å². The smallest absolute Gasteiger partial charge is 0.149 e. The second-order valence-corrected chi connectivity index (χ2v) is 6.26. The third-order valence-electron chi connectivity index (χ3n) is 3.51. The number of aryl methyl sites for hydroxylation is 1. The third-order valence-corrected chi connectivity index (χ3v) is 4.38. The third kappa shape index (κ3) is 3.69. The highest BCUT2D eigenvalue weighted by Gasteiger charge is 2.22. The maximum Gasteiger partial charge on any atom is 0.149 e. The summed E-state index contributed by atoms with van der Waals surface area (Å²) in [6, 6.07) is 4.13. The zero-order valence-electron chi connectivity index (χ0n) is 12.2. The second kappa shape index (κ2) is 7.02. The van der Waals surface area contributed by atoms with Crippen LogP contribution in [-0.4, -0.2) is 33.3 Å². The Labute approximate surface area is 124 Å². The van der Waals surface area contributed by atoms with Crippen LogP contribution in [0.5, 0.6) is 0 Å². The van der Waals surface area contributed by atoms with Crippen molar-refractivity contribution >= 4 is 11.3 Å². The van der Waals surface area contributed by atoms with Crippen LogP contribution in [0.1, 0.15) is 26.7 Å². The molecule has 0 aliphatic carbocycles. The van der Waals surface area contributed by atoms with E-state index in [4.69, 9.17) is 0 Å². The maximum atomic E-state index is 9.61. The summed E-state index contributed by atoms with van der Waals surface area (Å²) in [5.74, 6) is 1.01. The van der Waals surface area contributed by atoms with Crippen molar-refractivity contribution in [2.75, 3.05) is 13.2 Å². The minimum absolute atomic E-state index is 0.149. The molecular formula is C15H23N3OS. The van der Waals surface area contributed by atoms with E-state index in [0.717, 1.165) is 31.8 Å². The number of nitrogens with zero attached hydrogens (tertiary/aromatic N) is 2. The van der Waals surface area contributed by atoms with Gasteiger partial charge in [-0.3, -0.25) is 0 Å². The highest BCUT2D eigenvalue weighted by molar-refractivity contribution is 7.13. The Morgan fingerprint density at radius 2 is 2.35 bits per heavy atom. The lowest BCUT2D eigenvalue weighted by Crippen LogP contribution is -2.46. The van der Waals surface area contributed by atoms with Gasteiger partial charge in [-0.1, -0.05) is 13.0 Å². The largest absolute Gasteiger partial charge is 0.394 e. The number of aliphatic hydroxyl groups excluding tert-OH is 1. The lowest BCUT2D eigenvalue weighted by Gasteiger charge is -2.29. The number of aliphatic hydroxyl groups is 1. The lowest BCUT2D eigenvalue weighted by atomic mass is 9.98. The van der Waals surface area contributed by atoms with Crippen molar-refractivity contribution in [3.8, 4) is 10.7 Å². The van der Waals surface area contributed by atoms with Gasteiger partial charge >= 0.3 is 0 Å². The van der Waals surface area contributed by atoms with E-state index >= 15 is 0 Å². The first kappa shape index (κ1) is 15.2. The summed E-state index contributed by atoms with van der Waals surface area (Å²) < 4.78 is 2.16. The molecule has 0 radical (unpaired) electrons. The Balaban J connectivity index is 2.02. The summed E-state index contributed by atoms with van der Waals surface area (Å²) in [6.07, 6.45) is 5.79. The number of hydrogen-bond acceptors (Lipinski definition) is 4. The fourth-order valence-electron chi connectivity index (χ4n) is 2.14. The molecule has 0 bridgehead atoms. The molecule has 0 amide bonds. The van der Waals surface area contributed by atoms with Crippen LogP contribution in [0.3, 0.4) is 0 Å². The van der Waals surface area contributed by atoms with E-state index in [1.54, 1.807) is 11.3 Å². The molecule has 2 aromatic heterocycles. The molecule has 0 fully saturated rings. The van der Waals surface area contributed by atoms with E-state index in [2.05, 4.69) is 40.2 Å². The van der Waals surface area contributed by atoms with Crippen molar-refractivity contribution in [1.29, 1.82) is 0 Å². The molecule has 1 unspecified atom stereocenters. The average Bonchev–Trinajstić information content (AvgIpc) is 3.12. The quantitative estimate of drug-likeness (QED) is 0.787. The van der Waals surface area contributed by atoms with Crippen LogP contribution in [-0.2, 0) is 6.54 Å². The molecule has 20 heavy (non-hydrogen) atoms. The number of imidazole rings is 1. The first-order valence-electron chi connectivity index (χ1n) is 7.09. The zero-order chi connectivity index (χ0) is 14.4. The molecule has 110 valence electrons. The van der Waals surface area contributed by atoms with E-state index in [1.165, 1.54) is 4.88 Å². The van der Waals surface area contributed by atoms with Gasteiger partial charge in [0.2, 0.25) is 0 Å². The predicted octanol–water partition coefficient (Wildman–Crippen LogP) is 2.75. The number of hydrogen-bond donors (Lipinski definition) is 2. The Kier molecular flexibility index (Phi) is 5.34. The average molecular weight is 293 g/mol. The first-order chi connectivity index (χ1) is 9.68. The summed E-state index contributed by atoms with van der Waals surface area (Å²) in [5.41, 5.74) is -0.229. The highest BCUT2D eigenvalue weighted by Crippen LogP contribution is 2.23. The molecule has 4 nitrogen and oxygen atoms in total. The molecular weight excluding hydrogens is 270 g/mol. The molecule has 0 aromatic carbocycles. The van der Waals surface area contributed by atoms with Gasteiger partial charge in [0.25, 0.3) is 0 Å². The fourth-order valence-corrected chi connectivity index (χ4v) is 2.87. The molecule has 5 heteroatoms. The fraction of sp³-hybridized carbons (Fsp3) is 0.533. The standard InChI is InChI=1S/C15H23N3OS/c1-3-7-17-15(2,12-19)6-9-18-10-8-16-14(18)13-5-4-11-20-13/h4-5,8,10-11,17,19H,3,6-7,9,12H2,1-2H3. The summed E-state index contributed by atoms with van der Waals surface area (Å²) in [4.78, 5) is 5.62. The molecule has 2 rings (SSSR count). The maximum absolute atomic E-state index is 9.61. The van der Waals surface area contributed by atoms with Crippen LogP contribution in [0.4, 0.5) is 0 Å². The Bertz CT molecular complexity index is 509. The van der Waals surface area contributed by atoms with Crippen molar-refractivity contribution in [3.63, 3.8) is 0 Å². The SMILES string of the molecule is CCCNC(C)(CO)CCn1ccnc1-c1cccs1. The summed E-state index contributed by atoms with van der Waals surface area (Å²) >= 11 is 1.70. The van der Waals surface area contributed by atoms with Gasteiger partial charge in [0.1, 0.15) is 5.82 Å². The van der Waals surface area contributed by atoms with E-state index in [1.807, 2.05) is 18.5 Å². The van der Waals surface area contributed by atoms with Crippen molar-refractivity contribution in [3.05, 3.63) is 29.9 Å². The molecule has 2 heterocycles. The van der Waals surface area contributed by atoms with Crippen LogP contribution in [0.15, 0.2) is 29.9 Å². The lowest BCUT2D eigenvalue weighted by molar-refractivity contribution is 0.161. The van der Waals surface area contributed by atoms with Crippen molar-refractivity contribution in [2.45, 2.75) is 38.8 Å². The number of thiophene rings is 1. The molecule has 0 saturated heterocycles. The van der Waals surface area contributed by atoms with Crippen LogP contribution in [0.25, 0.3) is 10.7 Å². The topological polar surface area (TPSA) is 50.1 Å². The van der Waals surface area contributed by atoms with E-state index in [9.17, 15) is 5.11 Å². The molecule has 1 atom stereocenters. The number of aromatic nitrogens is 2. The highest BCUT2D eigenvalue weighted by atomic mass is 32.1. The monoisotopic (exact) mass is 293 g/mol.